The van der Waals surface area contributed by atoms with E-state index in [4.69, 9.17) is 21.8 Å². The van der Waals surface area contributed by atoms with Gasteiger partial charge in [0.25, 0.3) is 21.8 Å². The van der Waals surface area contributed by atoms with Crippen LogP contribution < -0.4 is 20.4 Å². The maximum absolute atomic E-state index is 13.3. The summed E-state index contributed by atoms with van der Waals surface area (Å²) in [6.45, 7) is 1.61. The summed E-state index contributed by atoms with van der Waals surface area (Å²) in [5.41, 5.74) is 7.93. The highest BCUT2D eigenvalue weighted by Crippen LogP contribution is 2.56. The van der Waals surface area contributed by atoms with Gasteiger partial charge in [-0.2, -0.15) is 0 Å². The summed E-state index contributed by atoms with van der Waals surface area (Å²) < 4.78 is 28.5. The zero-order valence-corrected chi connectivity index (χ0v) is 27.2. The predicted octanol–water partition coefficient (Wildman–Crippen LogP) is 5.92. The van der Waals surface area contributed by atoms with E-state index in [1.54, 1.807) is 25.1 Å². The molecule has 1 saturated carbocycles. The lowest BCUT2D eigenvalue weighted by Gasteiger charge is -2.20. The molecule has 0 saturated heterocycles. The molecule has 13 heteroatoms. The second-order valence-corrected chi connectivity index (χ2v) is 13.6. The number of aryl methyl sites for hydroxylation is 1. The van der Waals surface area contributed by atoms with Crippen molar-refractivity contribution in [2.45, 2.75) is 24.2 Å². The van der Waals surface area contributed by atoms with Crippen LogP contribution in [0.2, 0.25) is 5.02 Å². The van der Waals surface area contributed by atoms with Gasteiger partial charge in [0.1, 0.15) is 5.82 Å². The Morgan fingerprint density at radius 2 is 1.83 bits per heavy atom. The molecule has 4 aromatic rings. The van der Waals surface area contributed by atoms with Crippen molar-refractivity contribution in [2.75, 3.05) is 29.0 Å². The Balaban J connectivity index is 1.19. The van der Waals surface area contributed by atoms with Crippen molar-refractivity contribution < 1.29 is 23.2 Å². The fourth-order valence-corrected chi connectivity index (χ4v) is 6.85. The summed E-state index contributed by atoms with van der Waals surface area (Å²) in [4.78, 5) is 35.9. The zero-order valence-electron chi connectivity index (χ0n) is 25.7. The lowest BCUT2D eigenvalue weighted by atomic mass is 9.96. The van der Waals surface area contributed by atoms with Crippen molar-refractivity contribution in [1.82, 2.24) is 10.5 Å². The monoisotopic (exact) mass is 670 g/mol. The molecule has 2 aliphatic rings. The van der Waals surface area contributed by atoms with Gasteiger partial charge in [-0.3, -0.25) is 24.5 Å². The molecule has 47 heavy (non-hydrogen) atoms. The number of hydroxylamine groups is 1. The Morgan fingerprint density at radius 3 is 2.57 bits per heavy atom. The number of carbonyl (C=O) groups excluding carboxylic acids is 2. The Bertz CT molecular complexity index is 2100. The molecule has 3 aromatic carbocycles. The van der Waals surface area contributed by atoms with E-state index < -0.39 is 21.8 Å². The smallest absolute Gasteiger partial charge is 0.267 e. The molecule has 11 nitrogen and oxygen atoms in total. The number of pyridine rings is 1. The van der Waals surface area contributed by atoms with Crippen molar-refractivity contribution >= 4 is 68.1 Å². The van der Waals surface area contributed by atoms with E-state index in [1.165, 1.54) is 47.5 Å². The summed E-state index contributed by atoms with van der Waals surface area (Å²) in [6, 6.07) is 20.4. The zero-order chi connectivity index (χ0) is 33.5. The predicted molar refractivity (Wildman–Crippen MR) is 182 cm³/mol. The number of nitrogens with zero attached hydrogens (tertiary/aromatic N) is 3. The molecule has 4 N–H and O–H groups in total. The molecule has 0 bridgehead atoms. The van der Waals surface area contributed by atoms with Crippen LogP contribution in [0.4, 0.5) is 22.9 Å². The second kappa shape index (κ2) is 12.6. The van der Waals surface area contributed by atoms with Crippen LogP contribution in [-0.2, 0) is 14.8 Å². The number of hydrogen-bond acceptors (Lipinski definition) is 8. The molecule has 240 valence electrons. The number of aliphatic imine (C=N–C) groups is 1. The third kappa shape index (κ3) is 6.75. The van der Waals surface area contributed by atoms with Crippen molar-refractivity contribution in [1.29, 1.82) is 0 Å². The third-order valence-electron chi connectivity index (χ3n) is 8.09. The molecular weight excluding hydrogens is 640 g/mol. The summed E-state index contributed by atoms with van der Waals surface area (Å²) in [7, 11) is -0.0623. The van der Waals surface area contributed by atoms with Crippen LogP contribution in [-0.4, -0.2) is 50.2 Å². The largest absolute Gasteiger partial charge is 0.378 e. The SMILES string of the molecule is Cc1nc(NS(=O)(=O)c2cccc(/C=C/C(=O)NO)c2)ccc1C(=O)Nc1ccc(Cl)c(C2=Nc3cc(N(C)C)ccc3C3CC23)c1. The molecule has 2 amide bonds. The topological polar surface area (TPSA) is 153 Å². The lowest BCUT2D eigenvalue weighted by Crippen LogP contribution is -2.17. The first-order chi connectivity index (χ1) is 22.4. The minimum Gasteiger partial charge on any atom is -0.378 e. The highest BCUT2D eigenvalue weighted by molar-refractivity contribution is 7.92. The molecule has 2 atom stereocenters. The number of amides is 2. The number of aromatic nitrogens is 1. The van der Waals surface area contributed by atoms with Gasteiger partial charge in [-0.1, -0.05) is 29.8 Å². The second-order valence-electron chi connectivity index (χ2n) is 11.5. The highest BCUT2D eigenvalue weighted by atomic mass is 35.5. The standard InChI is InChI=1S/C34H31ClN6O5S/c1-19-24(11-13-31(36-19)40-47(45,46)23-6-4-5-20(15-23)7-14-32(42)39-44)34(43)37-21-8-12-29(35)28(16-21)33-27-18-26(27)25-10-9-22(41(2)3)17-30(25)38-33/h4-17,26-27,44H,18H2,1-3H3,(H,36,40)(H,37,43)(H,39,42)/b14-7+. The Morgan fingerprint density at radius 1 is 1.02 bits per heavy atom. The summed E-state index contributed by atoms with van der Waals surface area (Å²) in [5.74, 6) is -0.476. The molecule has 0 spiro atoms. The van der Waals surface area contributed by atoms with Crippen molar-refractivity contribution in [2.24, 2.45) is 10.9 Å². The van der Waals surface area contributed by atoms with Gasteiger partial charge in [-0.25, -0.2) is 18.9 Å². The maximum atomic E-state index is 13.3. The van der Waals surface area contributed by atoms with Gasteiger partial charge in [0.05, 0.1) is 27.6 Å². The molecule has 2 unspecified atom stereocenters. The fourth-order valence-electron chi connectivity index (χ4n) is 5.58. The summed E-state index contributed by atoms with van der Waals surface area (Å²) in [6.07, 6.45) is 3.41. The molecule has 6 rings (SSSR count). The van der Waals surface area contributed by atoms with Crippen LogP contribution in [0.15, 0.2) is 88.8 Å². The van der Waals surface area contributed by atoms with Crippen LogP contribution in [0.5, 0.6) is 0 Å². The maximum Gasteiger partial charge on any atom is 0.267 e. The average Bonchev–Trinajstić information content (AvgIpc) is 3.85. The normalized spacial score (nSPS) is 16.5. The quantitative estimate of drug-likeness (QED) is 0.0980. The number of fused-ring (bicyclic) bond motifs is 3. The van der Waals surface area contributed by atoms with E-state index in [1.807, 2.05) is 25.1 Å². The Hall–Kier alpha value is -5.04. The number of nitrogens with one attached hydrogen (secondary N) is 3. The van der Waals surface area contributed by atoms with E-state index >= 15 is 0 Å². The van der Waals surface area contributed by atoms with Crippen molar-refractivity contribution in [3.8, 4) is 0 Å². The Kier molecular flexibility index (Phi) is 8.58. The van der Waals surface area contributed by atoms with E-state index in [9.17, 15) is 18.0 Å². The van der Waals surface area contributed by atoms with E-state index in [-0.39, 0.29) is 22.2 Å². The summed E-state index contributed by atoms with van der Waals surface area (Å²) >= 11 is 6.66. The van der Waals surface area contributed by atoms with Crippen LogP contribution in [0.3, 0.4) is 0 Å². The van der Waals surface area contributed by atoms with Gasteiger partial charge < -0.3 is 10.2 Å². The van der Waals surface area contributed by atoms with Gasteiger partial charge in [0.2, 0.25) is 0 Å². The van der Waals surface area contributed by atoms with E-state index in [0.717, 1.165) is 35.1 Å². The summed E-state index contributed by atoms with van der Waals surface area (Å²) in [5, 5.41) is 12.1. The first kappa shape index (κ1) is 31.9. The number of benzene rings is 3. The fraction of sp³-hybridized carbons (Fsp3) is 0.176. The number of hydrogen-bond donors (Lipinski definition) is 4. The van der Waals surface area contributed by atoms with Crippen LogP contribution >= 0.6 is 11.6 Å². The first-order valence-electron chi connectivity index (χ1n) is 14.7. The minimum atomic E-state index is -4.05. The van der Waals surface area contributed by atoms with Crippen molar-refractivity contribution in [3.63, 3.8) is 0 Å². The van der Waals surface area contributed by atoms with Crippen molar-refractivity contribution in [3.05, 3.63) is 112 Å². The number of anilines is 3. The number of sulfonamides is 1. The molecule has 2 heterocycles. The average molecular weight is 671 g/mol. The van der Waals surface area contributed by atoms with Crippen LogP contribution in [0.1, 0.15) is 45.1 Å². The molecule has 1 aliphatic heterocycles. The molecule has 1 aliphatic carbocycles. The number of halogens is 1. The van der Waals surface area contributed by atoms with E-state index in [0.29, 0.717) is 27.9 Å². The van der Waals surface area contributed by atoms with E-state index in [2.05, 4.69) is 33.2 Å². The van der Waals surface area contributed by atoms with Gasteiger partial charge >= 0.3 is 0 Å². The first-order valence-corrected chi connectivity index (χ1v) is 16.5. The molecular formula is C34H31ClN6O5S. The molecule has 0 radical (unpaired) electrons. The van der Waals surface area contributed by atoms with Gasteiger partial charge in [-0.15, -0.1) is 0 Å². The lowest BCUT2D eigenvalue weighted by molar-refractivity contribution is -0.124. The minimum absolute atomic E-state index is 0.0282. The molecule has 1 fully saturated rings. The highest BCUT2D eigenvalue weighted by Gasteiger charge is 2.46. The van der Waals surface area contributed by atoms with Crippen LogP contribution in [0.25, 0.3) is 6.08 Å². The van der Waals surface area contributed by atoms with Gasteiger partial charge in [-0.05, 0) is 91.1 Å². The van der Waals surface area contributed by atoms with Crippen LogP contribution in [0, 0.1) is 12.8 Å². The Labute approximate surface area is 277 Å². The van der Waals surface area contributed by atoms with Gasteiger partial charge in [0, 0.05) is 48.1 Å². The number of rotatable bonds is 9. The number of carbonyl (C=O) groups is 2. The third-order valence-corrected chi connectivity index (χ3v) is 9.77. The molecule has 1 aromatic heterocycles. The van der Waals surface area contributed by atoms with Gasteiger partial charge in [0.15, 0.2) is 0 Å².